The first-order valence-electron chi connectivity index (χ1n) is 9.49. The summed E-state index contributed by atoms with van der Waals surface area (Å²) in [6.07, 6.45) is 0.743. The van der Waals surface area contributed by atoms with Crippen molar-refractivity contribution in [2.45, 2.75) is 25.9 Å². The Morgan fingerprint density at radius 1 is 1.21 bits per heavy atom. The number of anilines is 2. The van der Waals surface area contributed by atoms with Gasteiger partial charge in [-0.15, -0.1) is 0 Å². The van der Waals surface area contributed by atoms with E-state index >= 15 is 0 Å². The summed E-state index contributed by atoms with van der Waals surface area (Å²) in [5, 5.41) is 9.29. The number of nitrogens with zero attached hydrogens (tertiary/aromatic N) is 2. The fraction of sp³-hybridized carbons (Fsp3) is 0.333. The van der Waals surface area contributed by atoms with Crippen LogP contribution < -0.4 is 20.9 Å². The largest absolute Gasteiger partial charge is 0.365 e. The third kappa shape index (κ3) is 5.43. The molecule has 2 aromatic rings. The summed E-state index contributed by atoms with van der Waals surface area (Å²) in [4.78, 5) is 17.1. The van der Waals surface area contributed by atoms with Gasteiger partial charge in [-0.05, 0) is 36.2 Å². The molecule has 1 atom stereocenters. The summed E-state index contributed by atoms with van der Waals surface area (Å²) in [5.74, 6) is -0.611. The van der Waals surface area contributed by atoms with E-state index in [4.69, 9.17) is 0 Å². The van der Waals surface area contributed by atoms with Crippen LogP contribution in [0.2, 0.25) is 0 Å². The summed E-state index contributed by atoms with van der Waals surface area (Å²) < 4.78 is 28.0. The van der Waals surface area contributed by atoms with Gasteiger partial charge >= 0.3 is 0 Å². The lowest BCUT2D eigenvalue weighted by Gasteiger charge is -2.21. The third-order valence-electron chi connectivity index (χ3n) is 4.71. The molecule has 0 saturated carbocycles. The average Bonchev–Trinajstić information content (AvgIpc) is 3.13. The van der Waals surface area contributed by atoms with Crippen LogP contribution in [0.3, 0.4) is 0 Å². The van der Waals surface area contributed by atoms with Crippen LogP contribution in [0.25, 0.3) is 0 Å². The van der Waals surface area contributed by atoms with Crippen molar-refractivity contribution in [3.8, 4) is 0 Å². The number of benzene rings is 2. The highest BCUT2D eigenvalue weighted by Gasteiger charge is 2.27. The molecule has 1 saturated heterocycles. The van der Waals surface area contributed by atoms with Crippen LogP contribution >= 0.6 is 0 Å². The van der Waals surface area contributed by atoms with E-state index in [2.05, 4.69) is 20.9 Å². The maximum atomic E-state index is 14.0. The number of amides is 1. The van der Waals surface area contributed by atoms with Crippen molar-refractivity contribution in [2.75, 3.05) is 30.4 Å². The van der Waals surface area contributed by atoms with Crippen LogP contribution in [-0.2, 0) is 11.3 Å². The molecule has 3 N–H and O–H groups in total. The minimum absolute atomic E-state index is 0.0194. The van der Waals surface area contributed by atoms with Crippen molar-refractivity contribution in [1.82, 2.24) is 10.6 Å². The molecule has 6 nitrogen and oxygen atoms in total. The molecule has 1 amide bonds. The molecule has 1 unspecified atom stereocenters. The van der Waals surface area contributed by atoms with E-state index < -0.39 is 11.6 Å². The zero-order chi connectivity index (χ0) is 20.8. The molecule has 1 fully saturated rings. The fourth-order valence-electron chi connectivity index (χ4n) is 3.41. The second-order valence-electron chi connectivity index (χ2n) is 6.95. The highest BCUT2D eigenvalue weighted by atomic mass is 19.1. The number of hydrogen-bond acceptors (Lipinski definition) is 3. The lowest BCUT2D eigenvalue weighted by atomic mass is 10.2. The lowest BCUT2D eigenvalue weighted by molar-refractivity contribution is -0.114. The first kappa shape index (κ1) is 20.6. The molecule has 0 spiro atoms. The number of hydrogen-bond donors (Lipinski definition) is 3. The number of halogens is 2. The van der Waals surface area contributed by atoms with Gasteiger partial charge in [0.25, 0.3) is 0 Å². The Morgan fingerprint density at radius 2 is 1.93 bits per heavy atom. The molecule has 0 aromatic heterocycles. The average molecular weight is 401 g/mol. The molecule has 1 aliphatic heterocycles. The topological polar surface area (TPSA) is 68.8 Å². The molecule has 3 rings (SSSR count). The molecule has 1 heterocycles. The van der Waals surface area contributed by atoms with Gasteiger partial charge in [0.2, 0.25) is 5.91 Å². The van der Waals surface area contributed by atoms with Gasteiger partial charge in [0, 0.05) is 45.3 Å². The minimum Gasteiger partial charge on any atom is -0.365 e. The first-order valence-corrected chi connectivity index (χ1v) is 9.49. The van der Waals surface area contributed by atoms with Gasteiger partial charge in [-0.1, -0.05) is 18.2 Å². The van der Waals surface area contributed by atoms with Crippen molar-refractivity contribution in [3.05, 3.63) is 59.7 Å². The molecule has 0 radical (unpaired) electrons. The Hall–Kier alpha value is -3.16. The number of para-hydroxylation sites is 1. The minimum atomic E-state index is -0.549. The van der Waals surface area contributed by atoms with Crippen molar-refractivity contribution < 1.29 is 13.6 Å². The van der Waals surface area contributed by atoms with Crippen LogP contribution in [0.1, 0.15) is 18.9 Å². The molecule has 0 bridgehead atoms. The zero-order valence-electron chi connectivity index (χ0n) is 16.5. The van der Waals surface area contributed by atoms with Gasteiger partial charge in [-0.3, -0.25) is 9.79 Å². The normalized spacial score (nSPS) is 16.6. The maximum Gasteiger partial charge on any atom is 0.221 e. The summed E-state index contributed by atoms with van der Waals surface area (Å²) in [6, 6.07) is 11.5. The Kier molecular flexibility index (Phi) is 6.64. The van der Waals surface area contributed by atoms with Gasteiger partial charge in [0.05, 0.1) is 0 Å². The summed E-state index contributed by atoms with van der Waals surface area (Å²) >= 11 is 0. The highest BCUT2D eigenvalue weighted by Crippen LogP contribution is 2.26. The van der Waals surface area contributed by atoms with E-state index in [1.807, 2.05) is 24.3 Å². The maximum absolute atomic E-state index is 14.0. The SMILES string of the molecule is CN=C(NCc1cccc(NC(C)=O)c1)NC1CCN(c2c(F)cccc2F)C1. The van der Waals surface area contributed by atoms with E-state index in [-0.39, 0.29) is 17.6 Å². The van der Waals surface area contributed by atoms with E-state index in [0.29, 0.717) is 25.6 Å². The molecule has 2 aromatic carbocycles. The molecule has 1 aliphatic rings. The van der Waals surface area contributed by atoms with Crippen LogP contribution in [0.5, 0.6) is 0 Å². The Morgan fingerprint density at radius 3 is 2.62 bits per heavy atom. The monoisotopic (exact) mass is 401 g/mol. The quantitative estimate of drug-likeness (QED) is 0.532. The van der Waals surface area contributed by atoms with Gasteiger partial charge < -0.3 is 20.9 Å². The van der Waals surface area contributed by atoms with Crippen LogP contribution in [-0.4, -0.2) is 38.0 Å². The van der Waals surface area contributed by atoms with E-state index in [0.717, 1.165) is 17.7 Å². The Bertz CT molecular complexity index is 882. The van der Waals surface area contributed by atoms with Gasteiger partial charge in [0.1, 0.15) is 17.3 Å². The summed E-state index contributed by atoms with van der Waals surface area (Å²) in [5.41, 5.74) is 1.74. The van der Waals surface area contributed by atoms with Crippen molar-refractivity contribution in [1.29, 1.82) is 0 Å². The predicted molar refractivity (Wildman–Crippen MR) is 111 cm³/mol. The molecular weight excluding hydrogens is 376 g/mol. The highest BCUT2D eigenvalue weighted by molar-refractivity contribution is 5.88. The van der Waals surface area contributed by atoms with Crippen LogP contribution in [0, 0.1) is 11.6 Å². The standard InChI is InChI=1S/C21H25F2N5O/c1-14(29)26-16-6-3-5-15(11-16)12-25-21(24-2)27-17-9-10-28(13-17)20-18(22)7-4-8-19(20)23/h3-8,11,17H,9-10,12-13H2,1-2H3,(H,26,29)(H2,24,25,27). The van der Waals surface area contributed by atoms with Crippen LogP contribution in [0.15, 0.2) is 47.5 Å². The van der Waals surface area contributed by atoms with Crippen LogP contribution in [0.4, 0.5) is 20.2 Å². The van der Waals surface area contributed by atoms with E-state index in [9.17, 15) is 13.6 Å². The molecule has 0 aliphatic carbocycles. The zero-order valence-corrected chi connectivity index (χ0v) is 16.5. The summed E-state index contributed by atoms with van der Waals surface area (Å²) in [6.45, 7) is 3.03. The number of guanidine groups is 1. The molecular formula is C21H25F2N5O. The van der Waals surface area contributed by atoms with Gasteiger partial charge in [-0.2, -0.15) is 0 Å². The number of carbonyl (C=O) groups excluding carboxylic acids is 1. The predicted octanol–water partition coefficient (Wildman–Crippen LogP) is 2.87. The molecule has 154 valence electrons. The third-order valence-corrected chi connectivity index (χ3v) is 4.71. The Labute approximate surface area is 169 Å². The summed E-state index contributed by atoms with van der Waals surface area (Å²) in [7, 11) is 1.67. The molecule has 29 heavy (non-hydrogen) atoms. The van der Waals surface area contributed by atoms with Gasteiger partial charge in [0.15, 0.2) is 5.96 Å². The van der Waals surface area contributed by atoms with E-state index in [1.54, 1.807) is 11.9 Å². The second kappa shape index (κ2) is 9.36. The van der Waals surface area contributed by atoms with Crippen molar-refractivity contribution in [3.63, 3.8) is 0 Å². The van der Waals surface area contributed by atoms with Crippen molar-refractivity contribution in [2.24, 2.45) is 4.99 Å². The lowest BCUT2D eigenvalue weighted by Crippen LogP contribution is -2.44. The second-order valence-corrected chi connectivity index (χ2v) is 6.95. The van der Waals surface area contributed by atoms with Crippen molar-refractivity contribution >= 4 is 23.2 Å². The smallest absolute Gasteiger partial charge is 0.221 e. The fourth-order valence-corrected chi connectivity index (χ4v) is 3.41. The number of aliphatic imine (C=N–C) groups is 1. The number of carbonyl (C=O) groups is 1. The van der Waals surface area contributed by atoms with E-state index in [1.165, 1.54) is 25.1 Å². The first-order chi connectivity index (χ1) is 14.0. The number of rotatable bonds is 5. The van der Waals surface area contributed by atoms with Gasteiger partial charge in [-0.25, -0.2) is 8.78 Å². The number of nitrogens with one attached hydrogen (secondary N) is 3. The molecule has 8 heteroatoms. The Balaban J connectivity index is 1.55.